The predicted molar refractivity (Wildman–Crippen MR) is 84.1 cm³/mol. The first-order chi connectivity index (χ1) is 9.74. The van der Waals surface area contributed by atoms with Crippen LogP contribution in [0.4, 0.5) is 0 Å². The van der Waals surface area contributed by atoms with E-state index in [0.717, 1.165) is 32.3 Å². The van der Waals surface area contributed by atoms with Gasteiger partial charge in [-0.3, -0.25) is 4.90 Å². The molecule has 1 aliphatic rings. The van der Waals surface area contributed by atoms with Gasteiger partial charge in [0.1, 0.15) is 0 Å². The highest BCUT2D eigenvalue weighted by atomic mass is 16.5. The number of hydrogen-bond acceptors (Lipinski definition) is 3. The summed E-state index contributed by atoms with van der Waals surface area (Å²) in [7, 11) is 1.78. The fourth-order valence-corrected chi connectivity index (χ4v) is 2.64. The molecule has 0 aromatic heterocycles. The monoisotopic (exact) mass is 276 g/mol. The van der Waals surface area contributed by atoms with E-state index in [4.69, 9.17) is 4.74 Å². The van der Waals surface area contributed by atoms with Crippen molar-refractivity contribution in [3.8, 4) is 0 Å². The molecule has 1 unspecified atom stereocenters. The minimum absolute atomic E-state index is 0.415. The molecule has 0 aliphatic heterocycles. The van der Waals surface area contributed by atoms with Gasteiger partial charge in [-0.05, 0) is 31.9 Å². The fraction of sp³-hybridized carbons (Fsp3) is 0.647. The van der Waals surface area contributed by atoms with E-state index in [9.17, 15) is 0 Å². The fourth-order valence-electron chi connectivity index (χ4n) is 2.64. The quantitative estimate of drug-likeness (QED) is 0.750. The smallest absolute Gasteiger partial charge is 0.0589 e. The summed E-state index contributed by atoms with van der Waals surface area (Å²) in [4.78, 5) is 2.58. The van der Waals surface area contributed by atoms with E-state index in [-0.39, 0.29) is 0 Å². The number of nitrogens with one attached hydrogen (secondary N) is 1. The highest BCUT2D eigenvalue weighted by molar-refractivity contribution is 5.24. The van der Waals surface area contributed by atoms with Gasteiger partial charge in [0.25, 0.3) is 0 Å². The van der Waals surface area contributed by atoms with E-state index < -0.39 is 0 Å². The van der Waals surface area contributed by atoms with Gasteiger partial charge in [-0.25, -0.2) is 0 Å². The third kappa shape index (κ3) is 4.58. The zero-order chi connectivity index (χ0) is 14.4. The van der Waals surface area contributed by atoms with Crippen molar-refractivity contribution in [2.75, 3.05) is 33.4 Å². The number of ether oxygens (including phenoxy) is 1. The Kier molecular flexibility index (Phi) is 6.02. The van der Waals surface area contributed by atoms with Crippen molar-refractivity contribution in [3.63, 3.8) is 0 Å². The molecule has 1 aromatic rings. The minimum atomic E-state index is 0.415. The standard InChI is InChI=1S/C17H28N2O/c1-4-18-17(15-7-5-14(2)6-8-15)13-19(11-12-20-3)16-9-10-16/h5-8,16-18H,4,9-13H2,1-3H3. The van der Waals surface area contributed by atoms with Crippen LogP contribution in [0, 0.1) is 6.92 Å². The van der Waals surface area contributed by atoms with E-state index in [0.29, 0.717) is 6.04 Å². The Bertz CT molecular complexity index is 386. The molecule has 0 radical (unpaired) electrons. The van der Waals surface area contributed by atoms with Gasteiger partial charge in [-0.1, -0.05) is 36.8 Å². The summed E-state index contributed by atoms with van der Waals surface area (Å²) >= 11 is 0. The van der Waals surface area contributed by atoms with Gasteiger partial charge in [0.15, 0.2) is 0 Å². The van der Waals surface area contributed by atoms with Crippen molar-refractivity contribution in [1.29, 1.82) is 0 Å². The van der Waals surface area contributed by atoms with Crippen LogP contribution in [0.25, 0.3) is 0 Å². The highest BCUT2D eigenvalue weighted by Crippen LogP contribution is 2.28. The van der Waals surface area contributed by atoms with Crippen LogP contribution in [-0.4, -0.2) is 44.3 Å². The first-order valence-corrected chi connectivity index (χ1v) is 7.77. The Morgan fingerprint density at radius 3 is 2.55 bits per heavy atom. The van der Waals surface area contributed by atoms with Gasteiger partial charge in [0.05, 0.1) is 6.61 Å². The molecular formula is C17H28N2O. The second-order valence-electron chi connectivity index (χ2n) is 5.74. The van der Waals surface area contributed by atoms with Crippen LogP contribution in [0.3, 0.4) is 0 Å². The average molecular weight is 276 g/mol. The van der Waals surface area contributed by atoms with Gasteiger partial charge < -0.3 is 10.1 Å². The number of aryl methyl sites for hydroxylation is 1. The van der Waals surface area contributed by atoms with Gasteiger partial charge >= 0.3 is 0 Å². The van der Waals surface area contributed by atoms with Crippen molar-refractivity contribution in [1.82, 2.24) is 10.2 Å². The van der Waals surface area contributed by atoms with E-state index in [1.165, 1.54) is 24.0 Å². The third-order valence-corrected chi connectivity index (χ3v) is 3.99. The van der Waals surface area contributed by atoms with Gasteiger partial charge in [-0.15, -0.1) is 0 Å². The van der Waals surface area contributed by atoms with Gasteiger partial charge in [-0.2, -0.15) is 0 Å². The molecule has 1 fully saturated rings. The molecular weight excluding hydrogens is 248 g/mol. The maximum absolute atomic E-state index is 5.25. The van der Waals surface area contributed by atoms with Crippen LogP contribution in [-0.2, 0) is 4.74 Å². The molecule has 1 atom stereocenters. The molecule has 20 heavy (non-hydrogen) atoms. The van der Waals surface area contributed by atoms with E-state index in [1.54, 1.807) is 7.11 Å². The summed E-state index contributed by atoms with van der Waals surface area (Å²) in [6.07, 6.45) is 2.69. The van der Waals surface area contributed by atoms with Crippen LogP contribution in [0.5, 0.6) is 0 Å². The summed E-state index contributed by atoms with van der Waals surface area (Å²) in [5.74, 6) is 0. The topological polar surface area (TPSA) is 24.5 Å². The first kappa shape index (κ1) is 15.5. The Balaban J connectivity index is 2.01. The summed E-state index contributed by atoms with van der Waals surface area (Å²) in [6.45, 7) is 8.25. The lowest BCUT2D eigenvalue weighted by molar-refractivity contribution is 0.136. The molecule has 0 bridgehead atoms. The van der Waals surface area contributed by atoms with E-state index in [1.807, 2.05) is 0 Å². The van der Waals surface area contributed by atoms with Crippen LogP contribution >= 0.6 is 0 Å². The van der Waals surface area contributed by atoms with E-state index >= 15 is 0 Å². The zero-order valence-corrected chi connectivity index (χ0v) is 13.1. The Morgan fingerprint density at radius 1 is 1.30 bits per heavy atom. The summed E-state index contributed by atoms with van der Waals surface area (Å²) in [6, 6.07) is 10.1. The molecule has 0 spiro atoms. The van der Waals surface area contributed by atoms with Crippen molar-refractivity contribution in [2.24, 2.45) is 0 Å². The molecule has 2 rings (SSSR count). The number of likely N-dealkylation sites (N-methyl/N-ethyl adjacent to an activating group) is 1. The van der Waals surface area contributed by atoms with Crippen molar-refractivity contribution in [3.05, 3.63) is 35.4 Å². The number of nitrogens with zero attached hydrogens (tertiary/aromatic N) is 1. The predicted octanol–water partition coefficient (Wildman–Crippen LogP) is 2.76. The Hall–Kier alpha value is -0.900. The Labute approximate surface area is 123 Å². The second kappa shape index (κ2) is 7.77. The van der Waals surface area contributed by atoms with Crippen LogP contribution in [0.15, 0.2) is 24.3 Å². The molecule has 1 aliphatic carbocycles. The number of methoxy groups -OCH3 is 1. The van der Waals surface area contributed by atoms with E-state index in [2.05, 4.69) is 48.3 Å². The van der Waals surface area contributed by atoms with Gasteiger partial charge in [0, 0.05) is 32.3 Å². The van der Waals surface area contributed by atoms with Crippen LogP contribution in [0.1, 0.15) is 36.9 Å². The van der Waals surface area contributed by atoms with Crippen molar-refractivity contribution < 1.29 is 4.74 Å². The second-order valence-corrected chi connectivity index (χ2v) is 5.74. The molecule has 3 heteroatoms. The molecule has 1 saturated carbocycles. The lowest BCUT2D eigenvalue weighted by Crippen LogP contribution is -2.38. The Morgan fingerprint density at radius 2 is 2.00 bits per heavy atom. The zero-order valence-electron chi connectivity index (χ0n) is 13.1. The van der Waals surface area contributed by atoms with Crippen molar-refractivity contribution in [2.45, 2.75) is 38.8 Å². The largest absolute Gasteiger partial charge is 0.383 e. The number of rotatable bonds is 9. The number of benzene rings is 1. The summed E-state index contributed by atoms with van der Waals surface area (Å²) in [5, 5.41) is 3.63. The molecule has 1 N–H and O–H groups in total. The lowest BCUT2D eigenvalue weighted by Gasteiger charge is -2.28. The molecule has 0 amide bonds. The molecule has 0 heterocycles. The normalized spacial score (nSPS) is 16.6. The summed E-state index contributed by atoms with van der Waals surface area (Å²) < 4.78 is 5.25. The third-order valence-electron chi connectivity index (χ3n) is 3.99. The van der Waals surface area contributed by atoms with Gasteiger partial charge in [0.2, 0.25) is 0 Å². The highest BCUT2D eigenvalue weighted by Gasteiger charge is 2.30. The van der Waals surface area contributed by atoms with Crippen LogP contribution in [0.2, 0.25) is 0 Å². The number of hydrogen-bond donors (Lipinski definition) is 1. The molecule has 1 aromatic carbocycles. The SMILES string of the molecule is CCNC(CN(CCOC)C1CC1)c1ccc(C)cc1. The molecule has 3 nitrogen and oxygen atoms in total. The summed E-state index contributed by atoms with van der Waals surface area (Å²) in [5.41, 5.74) is 2.71. The lowest BCUT2D eigenvalue weighted by atomic mass is 10.0. The molecule has 112 valence electrons. The van der Waals surface area contributed by atoms with Crippen molar-refractivity contribution >= 4 is 0 Å². The molecule has 0 saturated heterocycles. The van der Waals surface area contributed by atoms with Crippen LogP contribution < -0.4 is 5.32 Å². The first-order valence-electron chi connectivity index (χ1n) is 7.77. The maximum atomic E-state index is 5.25. The average Bonchev–Trinajstić information content (AvgIpc) is 3.28. The minimum Gasteiger partial charge on any atom is -0.383 e. The maximum Gasteiger partial charge on any atom is 0.0589 e.